The number of imidazole rings is 1. The summed E-state index contributed by atoms with van der Waals surface area (Å²) in [5.41, 5.74) is 2.92. The van der Waals surface area contributed by atoms with Gasteiger partial charge in [-0.15, -0.1) is 0 Å². The number of anilines is 1. The van der Waals surface area contributed by atoms with Crippen molar-refractivity contribution < 1.29 is 9.47 Å². The summed E-state index contributed by atoms with van der Waals surface area (Å²) in [5, 5.41) is 9.86. The van der Waals surface area contributed by atoms with Gasteiger partial charge in [-0.3, -0.25) is 0 Å². The Morgan fingerprint density at radius 2 is 2.33 bits per heavy atom. The lowest BCUT2D eigenvalue weighted by Gasteiger charge is -2.22. The van der Waals surface area contributed by atoms with Crippen molar-refractivity contribution in [2.24, 2.45) is 0 Å². The number of H-pyrrole nitrogens is 1. The number of aromatic amines is 1. The Kier molecular flexibility index (Phi) is 4.80. The summed E-state index contributed by atoms with van der Waals surface area (Å²) in [6, 6.07) is 7.71. The molecule has 0 aliphatic carbocycles. The summed E-state index contributed by atoms with van der Waals surface area (Å²) in [7, 11) is 1.55. The maximum atomic E-state index is 9.24. The largest absolute Gasteiger partial charge is 0.498 e. The van der Waals surface area contributed by atoms with Gasteiger partial charge in [0.05, 0.1) is 31.8 Å². The Bertz CT molecular complexity index is 1040. The third-order valence-electron chi connectivity index (χ3n) is 4.06. The second-order valence-electron chi connectivity index (χ2n) is 5.72. The Morgan fingerprint density at radius 3 is 3.11 bits per heavy atom. The van der Waals surface area contributed by atoms with E-state index in [2.05, 4.69) is 21.0 Å². The van der Waals surface area contributed by atoms with E-state index in [-0.39, 0.29) is 0 Å². The molecule has 2 aromatic heterocycles. The number of nitrogens with one attached hydrogen (secondary N) is 1. The third kappa shape index (κ3) is 3.52. The highest BCUT2D eigenvalue weighted by Crippen LogP contribution is 2.28. The first kappa shape index (κ1) is 17.2. The van der Waals surface area contributed by atoms with Crippen LogP contribution in [0, 0.1) is 11.3 Å². The van der Waals surface area contributed by atoms with E-state index >= 15 is 0 Å². The molecule has 0 unspecified atom stereocenters. The van der Waals surface area contributed by atoms with Crippen LogP contribution in [0.1, 0.15) is 11.1 Å². The maximum Gasteiger partial charge on any atom is 0.192 e. The van der Waals surface area contributed by atoms with Gasteiger partial charge in [0.2, 0.25) is 0 Å². The number of ether oxygens (including phenoxy) is 2. The molecule has 27 heavy (non-hydrogen) atoms. The molecule has 0 amide bonds. The predicted octanol–water partition coefficient (Wildman–Crippen LogP) is 2.83. The number of methoxy groups -OCH3 is 1. The molecule has 8 nitrogen and oxygen atoms in total. The second-order valence-corrected chi connectivity index (χ2v) is 6.66. The number of benzene rings is 1. The molecule has 4 rings (SSSR count). The number of fused-ring (bicyclic) bond motifs is 1. The van der Waals surface area contributed by atoms with Crippen molar-refractivity contribution in [1.82, 2.24) is 19.9 Å². The standard InChI is InChI=1S/C18H16N6O2S/c1-25-14-3-2-12(8-13(14)9-19)10-27-18-22-16-15(20-11-21-16)17(23-18)24-4-6-26-7-5-24/h2-4,6,8,11H,5,7,10H2,1H3,(H,20,21,22,23). The highest BCUT2D eigenvalue weighted by atomic mass is 32.2. The van der Waals surface area contributed by atoms with E-state index in [0.29, 0.717) is 41.0 Å². The number of nitrogens with zero attached hydrogens (tertiary/aromatic N) is 5. The van der Waals surface area contributed by atoms with Gasteiger partial charge >= 0.3 is 0 Å². The Balaban J connectivity index is 1.60. The van der Waals surface area contributed by atoms with Crippen molar-refractivity contribution in [2.75, 3.05) is 25.2 Å². The van der Waals surface area contributed by atoms with Crippen molar-refractivity contribution in [2.45, 2.75) is 10.9 Å². The Hall–Kier alpha value is -3.25. The molecule has 1 aromatic carbocycles. The molecule has 0 radical (unpaired) electrons. The summed E-state index contributed by atoms with van der Waals surface area (Å²) in [4.78, 5) is 18.6. The van der Waals surface area contributed by atoms with Crippen molar-refractivity contribution in [3.63, 3.8) is 0 Å². The van der Waals surface area contributed by atoms with E-state index in [0.717, 1.165) is 16.9 Å². The smallest absolute Gasteiger partial charge is 0.192 e. The molecule has 1 aliphatic rings. The van der Waals surface area contributed by atoms with E-state index in [1.807, 2.05) is 23.2 Å². The zero-order valence-electron chi connectivity index (χ0n) is 14.5. The zero-order valence-corrected chi connectivity index (χ0v) is 15.4. The van der Waals surface area contributed by atoms with Crippen LogP contribution in [0.3, 0.4) is 0 Å². The normalized spacial score (nSPS) is 13.4. The molecule has 3 aromatic rings. The maximum absolute atomic E-state index is 9.24. The first-order valence-corrected chi connectivity index (χ1v) is 9.23. The van der Waals surface area contributed by atoms with Gasteiger partial charge in [-0.1, -0.05) is 17.8 Å². The van der Waals surface area contributed by atoms with Crippen LogP contribution in [-0.2, 0) is 10.5 Å². The Morgan fingerprint density at radius 1 is 1.41 bits per heavy atom. The molecule has 3 heterocycles. The fourth-order valence-electron chi connectivity index (χ4n) is 2.74. The molecule has 0 fully saturated rings. The van der Waals surface area contributed by atoms with Crippen LogP contribution in [0.5, 0.6) is 5.75 Å². The van der Waals surface area contributed by atoms with Gasteiger partial charge < -0.3 is 19.4 Å². The minimum atomic E-state index is 0.512. The summed E-state index contributed by atoms with van der Waals surface area (Å²) >= 11 is 1.49. The van der Waals surface area contributed by atoms with Crippen LogP contribution in [0.25, 0.3) is 11.2 Å². The lowest BCUT2D eigenvalue weighted by Crippen LogP contribution is -2.25. The van der Waals surface area contributed by atoms with Crippen molar-refractivity contribution in [3.8, 4) is 11.8 Å². The molecule has 0 spiro atoms. The topological polar surface area (TPSA) is 99.9 Å². The summed E-state index contributed by atoms with van der Waals surface area (Å²) < 4.78 is 10.4. The summed E-state index contributed by atoms with van der Waals surface area (Å²) in [6.45, 7) is 1.30. The van der Waals surface area contributed by atoms with Gasteiger partial charge in [-0.2, -0.15) is 5.26 Å². The number of hydrogen-bond acceptors (Lipinski definition) is 8. The molecular weight excluding hydrogens is 364 g/mol. The highest BCUT2D eigenvalue weighted by Gasteiger charge is 2.17. The number of thioether (sulfide) groups is 1. The van der Waals surface area contributed by atoms with E-state index < -0.39 is 0 Å². The van der Waals surface area contributed by atoms with Crippen molar-refractivity contribution in [3.05, 3.63) is 48.1 Å². The fraction of sp³-hybridized carbons (Fsp3) is 0.222. The van der Waals surface area contributed by atoms with Gasteiger partial charge in [0.15, 0.2) is 16.6 Å². The van der Waals surface area contributed by atoms with E-state index in [9.17, 15) is 5.26 Å². The SMILES string of the molecule is COc1ccc(CSc2nc(N3C=COCC3)c3[nH]cnc3n2)cc1C#N. The molecule has 0 saturated heterocycles. The van der Waals surface area contributed by atoms with Gasteiger partial charge in [0, 0.05) is 12.0 Å². The first-order valence-electron chi connectivity index (χ1n) is 8.24. The lowest BCUT2D eigenvalue weighted by atomic mass is 10.1. The minimum Gasteiger partial charge on any atom is -0.498 e. The van der Waals surface area contributed by atoms with Crippen LogP contribution >= 0.6 is 11.8 Å². The van der Waals surface area contributed by atoms with Gasteiger partial charge in [-0.25, -0.2) is 15.0 Å². The lowest BCUT2D eigenvalue weighted by molar-refractivity contribution is 0.245. The molecule has 1 aliphatic heterocycles. The van der Waals surface area contributed by atoms with E-state index in [1.54, 1.807) is 25.8 Å². The Labute approximate surface area is 159 Å². The highest BCUT2D eigenvalue weighted by molar-refractivity contribution is 7.98. The monoisotopic (exact) mass is 380 g/mol. The number of rotatable bonds is 5. The van der Waals surface area contributed by atoms with Crippen LogP contribution in [-0.4, -0.2) is 40.2 Å². The summed E-state index contributed by atoms with van der Waals surface area (Å²) in [6.07, 6.45) is 5.12. The number of nitriles is 1. The van der Waals surface area contributed by atoms with Crippen LogP contribution in [0.4, 0.5) is 5.82 Å². The molecule has 136 valence electrons. The van der Waals surface area contributed by atoms with Gasteiger partial charge in [-0.05, 0) is 17.7 Å². The number of aromatic nitrogens is 4. The molecule has 1 N–H and O–H groups in total. The molecular formula is C18H16N6O2S. The van der Waals surface area contributed by atoms with Crippen LogP contribution in [0.2, 0.25) is 0 Å². The summed E-state index contributed by atoms with van der Waals surface area (Å²) in [5.74, 6) is 1.97. The third-order valence-corrected chi connectivity index (χ3v) is 4.98. The van der Waals surface area contributed by atoms with Crippen LogP contribution in [0.15, 0.2) is 42.1 Å². The molecule has 0 bridgehead atoms. The van der Waals surface area contributed by atoms with E-state index in [1.165, 1.54) is 11.8 Å². The van der Waals surface area contributed by atoms with Gasteiger partial charge in [0.1, 0.15) is 23.9 Å². The van der Waals surface area contributed by atoms with Gasteiger partial charge in [0.25, 0.3) is 0 Å². The molecule has 0 atom stereocenters. The minimum absolute atomic E-state index is 0.512. The van der Waals surface area contributed by atoms with Crippen molar-refractivity contribution in [1.29, 1.82) is 5.26 Å². The quantitative estimate of drug-likeness (QED) is 0.533. The number of hydrogen-bond donors (Lipinski definition) is 1. The molecule has 0 saturated carbocycles. The fourth-order valence-corrected chi connectivity index (χ4v) is 3.52. The predicted molar refractivity (Wildman–Crippen MR) is 101 cm³/mol. The first-order chi connectivity index (χ1) is 13.3. The second kappa shape index (κ2) is 7.55. The molecule has 9 heteroatoms. The average molecular weight is 380 g/mol. The zero-order chi connectivity index (χ0) is 18.6. The van der Waals surface area contributed by atoms with Crippen LogP contribution < -0.4 is 9.64 Å². The van der Waals surface area contributed by atoms with E-state index in [4.69, 9.17) is 14.5 Å². The van der Waals surface area contributed by atoms with Crippen molar-refractivity contribution >= 4 is 28.7 Å². The average Bonchev–Trinajstić information content (AvgIpc) is 3.20.